The van der Waals surface area contributed by atoms with Gasteiger partial charge < -0.3 is 20.7 Å². The number of hydrogen-bond donors (Lipinski definition) is 2. The highest BCUT2D eigenvalue weighted by molar-refractivity contribution is 6.30. The molecule has 3 N–H and O–H groups in total. The third kappa shape index (κ3) is 3.49. The second-order valence-corrected chi connectivity index (χ2v) is 6.95. The van der Waals surface area contributed by atoms with Crippen molar-refractivity contribution in [2.75, 3.05) is 26.2 Å². The number of ether oxygens (including phenoxy) is 1. The highest BCUT2D eigenvalue weighted by Crippen LogP contribution is 2.43. The molecule has 1 saturated heterocycles. The number of rotatable bonds is 4. The third-order valence-corrected chi connectivity index (χ3v) is 5.23. The molecule has 1 atom stereocenters. The van der Waals surface area contributed by atoms with Crippen molar-refractivity contribution in [3.8, 4) is 0 Å². The first-order chi connectivity index (χ1) is 11.5. The van der Waals surface area contributed by atoms with Crippen molar-refractivity contribution in [3.63, 3.8) is 0 Å². The molecular formula is C17H22ClN3O3. The molecule has 0 radical (unpaired) electrons. The summed E-state index contributed by atoms with van der Waals surface area (Å²) in [6.45, 7) is 1.54. The van der Waals surface area contributed by atoms with Gasteiger partial charge in [-0.1, -0.05) is 30.2 Å². The van der Waals surface area contributed by atoms with Gasteiger partial charge in [0.15, 0.2) is 6.10 Å². The van der Waals surface area contributed by atoms with E-state index >= 15 is 0 Å². The average Bonchev–Trinajstić information content (AvgIpc) is 2.54. The lowest BCUT2D eigenvalue weighted by Crippen LogP contribution is -2.55. The lowest BCUT2D eigenvalue weighted by Gasteiger charge is -2.43. The van der Waals surface area contributed by atoms with Crippen molar-refractivity contribution in [1.82, 2.24) is 10.2 Å². The molecule has 3 rings (SSSR count). The molecule has 7 heteroatoms. The predicted octanol–water partition coefficient (Wildman–Crippen LogP) is 1.66. The molecule has 0 spiro atoms. The molecule has 24 heavy (non-hydrogen) atoms. The van der Waals surface area contributed by atoms with Gasteiger partial charge in [0.2, 0.25) is 5.91 Å². The van der Waals surface area contributed by atoms with Crippen LogP contribution in [0.15, 0.2) is 24.3 Å². The van der Waals surface area contributed by atoms with Gasteiger partial charge in [-0.2, -0.15) is 0 Å². The summed E-state index contributed by atoms with van der Waals surface area (Å²) in [5.74, 6) is -0.540. The Morgan fingerprint density at radius 3 is 2.83 bits per heavy atom. The monoisotopic (exact) mass is 351 g/mol. The van der Waals surface area contributed by atoms with Crippen LogP contribution >= 0.6 is 11.6 Å². The van der Waals surface area contributed by atoms with Crippen LogP contribution in [0.25, 0.3) is 0 Å². The minimum absolute atomic E-state index is 0.0457. The average molecular weight is 352 g/mol. The lowest BCUT2D eigenvalue weighted by molar-refractivity contribution is -0.133. The molecule has 1 aromatic rings. The lowest BCUT2D eigenvalue weighted by atomic mass is 9.64. The number of carbonyl (C=O) groups is 2. The summed E-state index contributed by atoms with van der Waals surface area (Å²) in [5, 5.41) is 3.72. The van der Waals surface area contributed by atoms with Gasteiger partial charge in [0, 0.05) is 23.5 Å². The Morgan fingerprint density at radius 1 is 1.42 bits per heavy atom. The summed E-state index contributed by atoms with van der Waals surface area (Å²) >= 11 is 6.11. The van der Waals surface area contributed by atoms with E-state index in [0.29, 0.717) is 24.7 Å². The minimum atomic E-state index is -0.727. The molecule has 1 heterocycles. The van der Waals surface area contributed by atoms with Crippen molar-refractivity contribution in [2.45, 2.75) is 30.8 Å². The Kier molecular flexibility index (Phi) is 4.96. The fourth-order valence-corrected chi connectivity index (χ4v) is 3.54. The van der Waals surface area contributed by atoms with E-state index in [1.54, 1.807) is 4.90 Å². The van der Waals surface area contributed by atoms with E-state index in [4.69, 9.17) is 22.1 Å². The SMILES string of the molecule is NC(=O)C1CN(C(=O)NCC2(c3cccc(Cl)c3)CCC2)CCO1. The fraction of sp³-hybridized carbons (Fsp3) is 0.529. The largest absolute Gasteiger partial charge is 0.367 e. The number of benzene rings is 1. The minimum Gasteiger partial charge on any atom is -0.367 e. The molecule has 130 valence electrons. The van der Waals surface area contributed by atoms with E-state index in [1.165, 1.54) is 5.56 Å². The maximum atomic E-state index is 12.4. The van der Waals surface area contributed by atoms with Gasteiger partial charge in [-0.25, -0.2) is 4.79 Å². The standard InChI is InChI=1S/C17H22ClN3O3/c18-13-4-1-3-12(9-13)17(5-2-6-17)11-20-16(23)21-7-8-24-14(10-21)15(19)22/h1,3-4,9,14H,2,5-8,10-11H2,(H2,19,22)(H,20,23). The van der Waals surface area contributed by atoms with Crippen LogP contribution in [0.3, 0.4) is 0 Å². The van der Waals surface area contributed by atoms with E-state index in [0.717, 1.165) is 19.3 Å². The molecule has 0 aromatic heterocycles. The number of nitrogens with zero attached hydrogens (tertiary/aromatic N) is 1. The highest BCUT2D eigenvalue weighted by atomic mass is 35.5. The van der Waals surface area contributed by atoms with Gasteiger partial charge in [0.05, 0.1) is 13.2 Å². The molecular weight excluding hydrogens is 330 g/mol. The molecule has 1 aliphatic carbocycles. The molecule has 6 nitrogen and oxygen atoms in total. The number of halogens is 1. The van der Waals surface area contributed by atoms with Crippen LogP contribution in [0.1, 0.15) is 24.8 Å². The van der Waals surface area contributed by atoms with Crippen molar-refractivity contribution in [3.05, 3.63) is 34.9 Å². The Balaban J connectivity index is 1.61. The molecule has 2 fully saturated rings. The summed E-state index contributed by atoms with van der Waals surface area (Å²) in [7, 11) is 0. The summed E-state index contributed by atoms with van der Waals surface area (Å²) in [5.41, 5.74) is 6.38. The highest BCUT2D eigenvalue weighted by Gasteiger charge is 2.39. The normalized spacial score (nSPS) is 22.5. The number of primary amides is 1. The summed E-state index contributed by atoms with van der Waals surface area (Å²) in [4.78, 5) is 25.3. The zero-order valence-corrected chi connectivity index (χ0v) is 14.2. The Morgan fingerprint density at radius 2 is 2.21 bits per heavy atom. The van der Waals surface area contributed by atoms with Crippen molar-refractivity contribution in [1.29, 1.82) is 0 Å². The zero-order chi connectivity index (χ0) is 17.2. The van der Waals surface area contributed by atoms with Gasteiger partial charge in [0.1, 0.15) is 0 Å². The van der Waals surface area contributed by atoms with Crippen LogP contribution in [-0.2, 0) is 14.9 Å². The molecule has 0 bridgehead atoms. The van der Waals surface area contributed by atoms with E-state index in [1.807, 2.05) is 18.2 Å². The smallest absolute Gasteiger partial charge is 0.317 e. The summed E-state index contributed by atoms with van der Waals surface area (Å²) in [6.07, 6.45) is 2.47. The Labute approximate surface area is 146 Å². The molecule has 1 saturated carbocycles. The van der Waals surface area contributed by atoms with Crippen LogP contribution in [0.2, 0.25) is 5.02 Å². The van der Waals surface area contributed by atoms with Gasteiger partial charge >= 0.3 is 6.03 Å². The van der Waals surface area contributed by atoms with Gasteiger partial charge in [-0.15, -0.1) is 0 Å². The second kappa shape index (κ2) is 6.99. The van der Waals surface area contributed by atoms with Gasteiger partial charge in [-0.3, -0.25) is 4.79 Å². The summed E-state index contributed by atoms with van der Waals surface area (Å²) < 4.78 is 5.27. The fourth-order valence-electron chi connectivity index (χ4n) is 3.35. The Hall–Kier alpha value is -1.79. The van der Waals surface area contributed by atoms with E-state index in [9.17, 15) is 9.59 Å². The van der Waals surface area contributed by atoms with Crippen molar-refractivity contribution < 1.29 is 14.3 Å². The molecule has 3 amide bonds. The molecule has 1 aromatic carbocycles. The third-order valence-electron chi connectivity index (χ3n) is 5.00. The number of amides is 3. The molecule has 1 aliphatic heterocycles. The topological polar surface area (TPSA) is 84.7 Å². The van der Waals surface area contributed by atoms with Gasteiger partial charge in [-0.05, 0) is 30.5 Å². The van der Waals surface area contributed by atoms with Crippen LogP contribution < -0.4 is 11.1 Å². The van der Waals surface area contributed by atoms with E-state index in [2.05, 4.69) is 11.4 Å². The van der Waals surface area contributed by atoms with Crippen LogP contribution in [0, 0.1) is 0 Å². The van der Waals surface area contributed by atoms with Gasteiger partial charge in [0.25, 0.3) is 0 Å². The number of hydrogen-bond acceptors (Lipinski definition) is 3. The first-order valence-corrected chi connectivity index (χ1v) is 8.58. The van der Waals surface area contributed by atoms with Crippen molar-refractivity contribution in [2.24, 2.45) is 5.73 Å². The Bertz CT molecular complexity index is 633. The van der Waals surface area contributed by atoms with E-state index < -0.39 is 12.0 Å². The first-order valence-electron chi connectivity index (χ1n) is 8.20. The second-order valence-electron chi connectivity index (χ2n) is 6.51. The number of nitrogens with one attached hydrogen (secondary N) is 1. The number of carbonyl (C=O) groups excluding carboxylic acids is 2. The maximum Gasteiger partial charge on any atom is 0.317 e. The summed E-state index contributed by atoms with van der Waals surface area (Å²) in [6, 6.07) is 7.66. The number of urea groups is 1. The number of nitrogens with two attached hydrogens (primary N) is 1. The first kappa shape index (κ1) is 17.0. The zero-order valence-electron chi connectivity index (χ0n) is 13.5. The van der Waals surface area contributed by atoms with Crippen LogP contribution in [-0.4, -0.2) is 49.2 Å². The van der Waals surface area contributed by atoms with Crippen molar-refractivity contribution >= 4 is 23.5 Å². The predicted molar refractivity (Wildman–Crippen MR) is 90.9 cm³/mol. The quantitative estimate of drug-likeness (QED) is 0.865. The van der Waals surface area contributed by atoms with E-state index in [-0.39, 0.29) is 18.0 Å². The van der Waals surface area contributed by atoms with Crippen LogP contribution in [0.5, 0.6) is 0 Å². The molecule has 1 unspecified atom stereocenters. The molecule has 2 aliphatic rings. The van der Waals surface area contributed by atoms with Crippen LogP contribution in [0.4, 0.5) is 4.79 Å². The maximum absolute atomic E-state index is 12.4. The number of morpholine rings is 1.